The Labute approximate surface area is 66.5 Å². The monoisotopic (exact) mass is 164 g/mol. The van der Waals surface area contributed by atoms with E-state index in [4.69, 9.17) is 16.3 Å². The van der Waals surface area contributed by atoms with E-state index >= 15 is 0 Å². The second-order valence-corrected chi connectivity index (χ2v) is 3.80. The topological polar surface area (TPSA) is 26.3 Å². The van der Waals surface area contributed by atoms with Crippen LogP contribution in [0.5, 0.6) is 0 Å². The molecule has 1 atom stereocenters. The Morgan fingerprint density at radius 2 is 1.90 bits per heavy atom. The second-order valence-electron chi connectivity index (χ2n) is 3.15. The van der Waals surface area contributed by atoms with E-state index in [-0.39, 0.29) is 5.97 Å². The van der Waals surface area contributed by atoms with E-state index in [0.29, 0.717) is 0 Å². The zero-order valence-electron chi connectivity index (χ0n) is 6.77. The Morgan fingerprint density at radius 1 is 1.50 bits per heavy atom. The van der Waals surface area contributed by atoms with Crippen LogP contribution in [0.1, 0.15) is 27.7 Å². The lowest BCUT2D eigenvalue weighted by molar-refractivity contribution is -0.153. The van der Waals surface area contributed by atoms with Gasteiger partial charge in [-0.25, -0.2) is 0 Å². The summed E-state index contributed by atoms with van der Waals surface area (Å²) in [5, 5.41) is -0.556. The normalized spacial score (nSPS) is 14.5. The summed E-state index contributed by atoms with van der Waals surface area (Å²) >= 11 is 5.46. The highest BCUT2D eigenvalue weighted by atomic mass is 35.5. The van der Waals surface area contributed by atoms with Gasteiger partial charge in [0, 0.05) is 0 Å². The Kier molecular flexibility index (Phi) is 3.16. The summed E-state index contributed by atoms with van der Waals surface area (Å²) < 4.78 is 4.93. The molecule has 0 aromatic rings. The van der Waals surface area contributed by atoms with Gasteiger partial charge in [0.1, 0.15) is 11.0 Å². The quantitative estimate of drug-likeness (QED) is 0.438. The molecule has 0 aromatic carbocycles. The second kappa shape index (κ2) is 3.24. The van der Waals surface area contributed by atoms with Crippen LogP contribution in [0.4, 0.5) is 0 Å². The summed E-state index contributed by atoms with van der Waals surface area (Å²) in [5.41, 5.74) is -0.430. The minimum Gasteiger partial charge on any atom is -0.459 e. The number of rotatable bonds is 1. The molecule has 0 fully saturated rings. The van der Waals surface area contributed by atoms with E-state index in [9.17, 15) is 4.79 Å². The molecule has 0 radical (unpaired) electrons. The summed E-state index contributed by atoms with van der Waals surface area (Å²) in [6, 6.07) is 0. The predicted octanol–water partition coefficient (Wildman–Crippen LogP) is 1.96. The van der Waals surface area contributed by atoms with Gasteiger partial charge in [-0.1, -0.05) is 0 Å². The first-order valence-corrected chi connectivity index (χ1v) is 3.63. The van der Waals surface area contributed by atoms with E-state index in [1.165, 1.54) is 0 Å². The van der Waals surface area contributed by atoms with Gasteiger partial charge in [0.2, 0.25) is 0 Å². The van der Waals surface area contributed by atoms with Crippen molar-refractivity contribution in [3.63, 3.8) is 0 Å². The van der Waals surface area contributed by atoms with Crippen molar-refractivity contribution in [2.24, 2.45) is 0 Å². The number of alkyl halides is 1. The lowest BCUT2D eigenvalue weighted by atomic mass is 10.2. The molecule has 0 heterocycles. The highest BCUT2D eigenvalue weighted by Crippen LogP contribution is 2.09. The third-order valence-electron chi connectivity index (χ3n) is 0.732. The SMILES string of the molecule is CC(Cl)C(=O)OC(C)(C)C. The zero-order chi connectivity index (χ0) is 8.36. The number of carbonyl (C=O) groups excluding carboxylic acids is 1. The van der Waals surface area contributed by atoms with Crippen molar-refractivity contribution in [1.82, 2.24) is 0 Å². The van der Waals surface area contributed by atoms with Gasteiger partial charge in [0.05, 0.1) is 0 Å². The Morgan fingerprint density at radius 3 is 2.00 bits per heavy atom. The maximum absolute atomic E-state index is 10.8. The molecule has 0 amide bonds. The predicted molar refractivity (Wildman–Crippen MR) is 41.2 cm³/mol. The molecule has 0 saturated heterocycles. The van der Waals surface area contributed by atoms with E-state index in [2.05, 4.69) is 0 Å². The van der Waals surface area contributed by atoms with Crippen molar-refractivity contribution < 1.29 is 9.53 Å². The summed E-state index contributed by atoms with van der Waals surface area (Å²) in [6.45, 7) is 7.02. The number of halogens is 1. The van der Waals surface area contributed by atoms with Gasteiger partial charge in [-0.15, -0.1) is 11.6 Å². The van der Waals surface area contributed by atoms with Crippen LogP contribution in [-0.4, -0.2) is 16.9 Å². The standard InChI is InChI=1S/C7H13ClO2/c1-5(8)6(9)10-7(2,3)4/h5H,1-4H3. The van der Waals surface area contributed by atoms with Gasteiger partial charge in [-0.3, -0.25) is 4.79 Å². The first kappa shape index (κ1) is 9.76. The van der Waals surface area contributed by atoms with Gasteiger partial charge < -0.3 is 4.74 Å². The Bertz CT molecular complexity index is 124. The van der Waals surface area contributed by atoms with Gasteiger partial charge in [0.25, 0.3) is 0 Å². The average molecular weight is 165 g/mol. The maximum Gasteiger partial charge on any atom is 0.324 e. The zero-order valence-corrected chi connectivity index (χ0v) is 7.53. The molecule has 60 valence electrons. The molecule has 0 bridgehead atoms. The lowest BCUT2D eigenvalue weighted by Crippen LogP contribution is -2.27. The molecular formula is C7H13ClO2. The lowest BCUT2D eigenvalue weighted by Gasteiger charge is -2.20. The van der Waals surface area contributed by atoms with Gasteiger partial charge in [-0.05, 0) is 27.7 Å². The molecule has 0 aliphatic rings. The molecule has 1 unspecified atom stereocenters. The van der Waals surface area contributed by atoms with Crippen LogP contribution >= 0.6 is 11.6 Å². The fraction of sp³-hybridized carbons (Fsp3) is 0.857. The average Bonchev–Trinajstić information content (AvgIpc) is 1.60. The van der Waals surface area contributed by atoms with Gasteiger partial charge in [-0.2, -0.15) is 0 Å². The Balaban J connectivity index is 3.81. The van der Waals surface area contributed by atoms with E-state index in [0.717, 1.165) is 0 Å². The summed E-state index contributed by atoms with van der Waals surface area (Å²) in [5.74, 6) is -0.367. The number of ether oxygens (including phenoxy) is 1. The van der Waals surface area contributed by atoms with Gasteiger partial charge >= 0.3 is 5.97 Å². The van der Waals surface area contributed by atoms with Crippen LogP contribution in [0.25, 0.3) is 0 Å². The van der Waals surface area contributed by atoms with Crippen molar-refractivity contribution in [3.05, 3.63) is 0 Å². The highest BCUT2D eigenvalue weighted by molar-refractivity contribution is 6.29. The van der Waals surface area contributed by atoms with E-state index in [1.807, 2.05) is 20.8 Å². The van der Waals surface area contributed by atoms with E-state index in [1.54, 1.807) is 6.92 Å². The van der Waals surface area contributed by atoms with E-state index < -0.39 is 11.0 Å². The van der Waals surface area contributed by atoms with Crippen molar-refractivity contribution in [3.8, 4) is 0 Å². The highest BCUT2D eigenvalue weighted by Gasteiger charge is 2.19. The smallest absolute Gasteiger partial charge is 0.324 e. The molecule has 0 aliphatic heterocycles. The Hall–Kier alpha value is -0.240. The van der Waals surface area contributed by atoms with Gasteiger partial charge in [0.15, 0.2) is 0 Å². The number of esters is 1. The summed E-state index contributed by atoms with van der Waals surface area (Å²) in [6.07, 6.45) is 0. The van der Waals surface area contributed by atoms with Crippen LogP contribution in [0.2, 0.25) is 0 Å². The van der Waals surface area contributed by atoms with Crippen molar-refractivity contribution in [2.45, 2.75) is 38.7 Å². The third kappa shape index (κ3) is 4.62. The van der Waals surface area contributed by atoms with Crippen LogP contribution in [0.15, 0.2) is 0 Å². The number of hydrogen-bond acceptors (Lipinski definition) is 2. The molecule has 0 aromatic heterocycles. The minimum atomic E-state index is -0.556. The van der Waals surface area contributed by atoms with Crippen molar-refractivity contribution >= 4 is 17.6 Å². The molecule has 0 N–H and O–H groups in total. The molecular weight excluding hydrogens is 152 g/mol. The first-order chi connectivity index (χ1) is 4.33. The van der Waals surface area contributed by atoms with Crippen LogP contribution in [-0.2, 0) is 9.53 Å². The number of hydrogen-bond donors (Lipinski definition) is 0. The molecule has 0 spiro atoms. The molecule has 2 nitrogen and oxygen atoms in total. The number of carbonyl (C=O) groups is 1. The summed E-state index contributed by atoms with van der Waals surface area (Å²) in [4.78, 5) is 10.8. The first-order valence-electron chi connectivity index (χ1n) is 3.20. The third-order valence-corrected chi connectivity index (χ3v) is 0.910. The minimum absolute atomic E-state index is 0.367. The molecule has 0 saturated carbocycles. The molecule has 10 heavy (non-hydrogen) atoms. The molecule has 0 rings (SSSR count). The maximum atomic E-state index is 10.8. The van der Waals surface area contributed by atoms with Crippen molar-refractivity contribution in [2.75, 3.05) is 0 Å². The van der Waals surface area contributed by atoms with Crippen LogP contribution < -0.4 is 0 Å². The van der Waals surface area contributed by atoms with Crippen LogP contribution in [0.3, 0.4) is 0 Å². The molecule has 0 aliphatic carbocycles. The fourth-order valence-electron chi connectivity index (χ4n) is 0.383. The van der Waals surface area contributed by atoms with Crippen LogP contribution in [0, 0.1) is 0 Å². The largest absolute Gasteiger partial charge is 0.459 e. The van der Waals surface area contributed by atoms with Crippen molar-refractivity contribution in [1.29, 1.82) is 0 Å². The fourth-order valence-corrected chi connectivity index (χ4v) is 0.428. The summed E-state index contributed by atoms with van der Waals surface area (Å²) in [7, 11) is 0. The molecule has 3 heteroatoms.